The zero-order valence-electron chi connectivity index (χ0n) is 17.4. The number of amides is 1. The van der Waals surface area contributed by atoms with Crippen LogP contribution in [0.1, 0.15) is 34.2 Å². The minimum absolute atomic E-state index is 0.0143. The molecule has 0 radical (unpaired) electrons. The Labute approximate surface area is 185 Å². The molecule has 4 N–H and O–H groups in total. The molecule has 0 saturated carbocycles. The van der Waals surface area contributed by atoms with Crippen LogP contribution in [0.25, 0.3) is 11.4 Å². The van der Waals surface area contributed by atoms with Gasteiger partial charge in [0.2, 0.25) is 0 Å². The number of aromatic amines is 1. The van der Waals surface area contributed by atoms with Gasteiger partial charge in [0.05, 0.1) is 12.6 Å². The molecule has 2 heterocycles. The summed E-state index contributed by atoms with van der Waals surface area (Å²) in [5.74, 6) is 1.08. The molecular weight excluding hydrogens is 404 g/mol. The number of aromatic nitrogens is 4. The highest BCUT2D eigenvalue weighted by atomic mass is 16.3. The highest BCUT2D eigenvalue weighted by Crippen LogP contribution is 2.19. The van der Waals surface area contributed by atoms with Crippen molar-refractivity contribution in [1.29, 1.82) is 0 Å². The molecule has 8 nitrogen and oxygen atoms in total. The fraction of sp³-hybridized carbons (Fsp3) is 0.167. The highest BCUT2D eigenvalue weighted by molar-refractivity contribution is 5.95. The Balaban J connectivity index is 1.40. The maximum atomic E-state index is 12.8. The third kappa shape index (κ3) is 5.35. The lowest BCUT2D eigenvalue weighted by molar-refractivity contribution is 0.0930. The van der Waals surface area contributed by atoms with E-state index < -0.39 is 0 Å². The smallest absolute Gasteiger partial charge is 0.251 e. The van der Waals surface area contributed by atoms with Crippen LogP contribution in [0.3, 0.4) is 0 Å². The van der Waals surface area contributed by atoms with Crippen LogP contribution in [-0.2, 0) is 6.54 Å². The Bertz CT molecular complexity index is 1150. The highest BCUT2D eigenvalue weighted by Gasteiger charge is 2.15. The maximum absolute atomic E-state index is 12.8. The van der Waals surface area contributed by atoms with Crippen LogP contribution >= 0.6 is 0 Å². The van der Waals surface area contributed by atoms with E-state index in [1.165, 1.54) is 0 Å². The predicted octanol–water partition coefficient (Wildman–Crippen LogP) is 3.33. The first-order valence-corrected chi connectivity index (χ1v) is 10.3. The van der Waals surface area contributed by atoms with E-state index in [1.807, 2.05) is 54.6 Å². The fourth-order valence-corrected chi connectivity index (χ4v) is 3.34. The Kier molecular flexibility index (Phi) is 6.84. The third-order valence-corrected chi connectivity index (χ3v) is 4.99. The number of aliphatic hydroxyl groups is 1. The summed E-state index contributed by atoms with van der Waals surface area (Å²) in [6.45, 7) is 0.392. The van der Waals surface area contributed by atoms with Crippen LogP contribution in [0.5, 0.6) is 0 Å². The van der Waals surface area contributed by atoms with Crippen molar-refractivity contribution in [2.45, 2.75) is 19.0 Å². The number of benzene rings is 2. The molecule has 1 amide bonds. The van der Waals surface area contributed by atoms with E-state index in [-0.39, 0.29) is 18.6 Å². The zero-order chi connectivity index (χ0) is 22.2. The van der Waals surface area contributed by atoms with E-state index in [0.29, 0.717) is 30.2 Å². The van der Waals surface area contributed by atoms with Gasteiger partial charge in [-0.15, -0.1) is 0 Å². The average Bonchev–Trinajstić information content (AvgIpc) is 3.33. The molecule has 32 heavy (non-hydrogen) atoms. The molecule has 2 aromatic carbocycles. The van der Waals surface area contributed by atoms with Crippen molar-refractivity contribution >= 4 is 11.6 Å². The van der Waals surface area contributed by atoms with Crippen molar-refractivity contribution in [3.63, 3.8) is 0 Å². The lowest BCUT2D eigenvalue weighted by Crippen LogP contribution is -2.29. The predicted molar refractivity (Wildman–Crippen MR) is 122 cm³/mol. The molecule has 0 aliphatic heterocycles. The quantitative estimate of drug-likeness (QED) is 0.325. The van der Waals surface area contributed by atoms with Crippen LogP contribution in [0.2, 0.25) is 0 Å². The van der Waals surface area contributed by atoms with Gasteiger partial charge in [-0.3, -0.25) is 14.9 Å². The first-order valence-electron chi connectivity index (χ1n) is 10.3. The van der Waals surface area contributed by atoms with Crippen molar-refractivity contribution in [2.24, 2.45) is 0 Å². The van der Waals surface area contributed by atoms with Crippen LogP contribution < -0.4 is 10.6 Å². The molecule has 1 atom stereocenters. The molecule has 162 valence electrons. The Morgan fingerprint density at radius 2 is 1.84 bits per heavy atom. The summed E-state index contributed by atoms with van der Waals surface area (Å²) in [5, 5.41) is 22.8. The molecule has 0 aliphatic carbocycles. The second-order valence-corrected chi connectivity index (χ2v) is 7.22. The van der Waals surface area contributed by atoms with Crippen LogP contribution in [0.4, 0.5) is 5.69 Å². The maximum Gasteiger partial charge on any atom is 0.251 e. The summed E-state index contributed by atoms with van der Waals surface area (Å²) in [5.41, 5.74) is 3.18. The number of hydrogen-bond acceptors (Lipinski definition) is 6. The Morgan fingerprint density at radius 1 is 1.03 bits per heavy atom. The molecule has 4 aromatic rings. The number of pyridine rings is 1. The van der Waals surface area contributed by atoms with Gasteiger partial charge in [-0.1, -0.05) is 36.4 Å². The van der Waals surface area contributed by atoms with Gasteiger partial charge in [0, 0.05) is 35.8 Å². The van der Waals surface area contributed by atoms with Gasteiger partial charge in [-0.05, 0) is 42.3 Å². The second-order valence-electron chi connectivity index (χ2n) is 7.22. The van der Waals surface area contributed by atoms with Crippen molar-refractivity contribution in [3.05, 3.63) is 96.1 Å². The van der Waals surface area contributed by atoms with Gasteiger partial charge in [0.15, 0.2) is 11.6 Å². The normalized spacial score (nSPS) is 11.7. The van der Waals surface area contributed by atoms with E-state index in [4.69, 9.17) is 0 Å². The minimum Gasteiger partial charge on any atom is -0.396 e. The number of nitrogens with zero attached hydrogens (tertiary/aromatic N) is 3. The topological polar surface area (TPSA) is 116 Å². The van der Waals surface area contributed by atoms with E-state index in [1.54, 1.807) is 24.5 Å². The van der Waals surface area contributed by atoms with Gasteiger partial charge in [0.1, 0.15) is 0 Å². The number of hydrogen-bond donors (Lipinski definition) is 4. The molecular formula is C24H24N6O2. The third-order valence-electron chi connectivity index (χ3n) is 4.99. The number of H-pyrrole nitrogens is 1. The van der Waals surface area contributed by atoms with E-state index >= 15 is 0 Å². The van der Waals surface area contributed by atoms with Crippen LogP contribution in [0, 0.1) is 0 Å². The molecule has 8 heteroatoms. The molecule has 0 spiro atoms. The summed E-state index contributed by atoms with van der Waals surface area (Å²) in [7, 11) is 0. The molecule has 0 fully saturated rings. The largest absolute Gasteiger partial charge is 0.396 e. The average molecular weight is 428 g/mol. The van der Waals surface area contributed by atoms with Crippen LogP contribution in [0.15, 0.2) is 79.1 Å². The molecule has 0 bridgehead atoms. The van der Waals surface area contributed by atoms with Crippen molar-refractivity contribution in [2.75, 3.05) is 11.9 Å². The number of rotatable bonds is 9. The molecule has 0 saturated heterocycles. The van der Waals surface area contributed by atoms with Gasteiger partial charge >= 0.3 is 0 Å². The van der Waals surface area contributed by atoms with Crippen molar-refractivity contribution in [1.82, 2.24) is 25.5 Å². The minimum atomic E-state index is -0.259. The number of anilines is 1. The first-order chi connectivity index (χ1) is 15.7. The number of carbonyl (C=O) groups is 1. The lowest BCUT2D eigenvalue weighted by atomic mass is 10.0. The summed E-state index contributed by atoms with van der Waals surface area (Å²) in [6, 6.07) is 20.3. The molecule has 0 unspecified atom stereocenters. The van der Waals surface area contributed by atoms with Crippen molar-refractivity contribution < 1.29 is 9.90 Å². The number of nitrogens with one attached hydrogen (secondary N) is 3. The van der Waals surface area contributed by atoms with Gasteiger partial charge in [-0.25, -0.2) is 4.98 Å². The zero-order valence-corrected chi connectivity index (χ0v) is 17.4. The van der Waals surface area contributed by atoms with Gasteiger partial charge < -0.3 is 15.7 Å². The molecule has 4 rings (SSSR count). The van der Waals surface area contributed by atoms with Crippen LogP contribution in [-0.4, -0.2) is 37.8 Å². The standard InChI is InChI=1S/C24H24N6O2/c31-14-11-21(17-5-2-1-3-6-17)27-24(32)19-7-4-8-20(15-19)26-16-22-28-23(30-29-22)18-9-12-25-13-10-18/h1-10,12-13,15,21,26,31H,11,14,16H2,(H,27,32)(H,28,29,30)/t21-/m1/s1. The summed E-state index contributed by atoms with van der Waals surface area (Å²) in [6.07, 6.45) is 3.85. The summed E-state index contributed by atoms with van der Waals surface area (Å²) in [4.78, 5) is 21.3. The summed E-state index contributed by atoms with van der Waals surface area (Å²) < 4.78 is 0. The van der Waals surface area contributed by atoms with Gasteiger partial charge in [0.25, 0.3) is 5.91 Å². The second kappa shape index (κ2) is 10.3. The number of aliphatic hydroxyl groups excluding tert-OH is 1. The van der Waals surface area contributed by atoms with E-state index in [9.17, 15) is 9.90 Å². The summed E-state index contributed by atoms with van der Waals surface area (Å²) >= 11 is 0. The fourth-order valence-electron chi connectivity index (χ4n) is 3.34. The first kappa shape index (κ1) is 21.2. The molecule has 0 aliphatic rings. The van der Waals surface area contributed by atoms with Gasteiger partial charge in [-0.2, -0.15) is 5.10 Å². The van der Waals surface area contributed by atoms with E-state index in [0.717, 1.165) is 16.8 Å². The Morgan fingerprint density at radius 3 is 2.62 bits per heavy atom. The Hall–Kier alpha value is -4.04. The monoisotopic (exact) mass is 428 g/mol. The SMILES string of the molecule is O=C(N[C@H](CCO)c1ccccc1)c1cccc(NCc2n[nH]c(-c3ccncc3)n2)c1. The van der Waals surface area contributed by atoms with E-state index in [2.05, 4.69) is 30.8 Å². The molecule has 2 aromatic heterocycles. The number of carbonyl (C=O) groups excluding carboxylic acids is 1. The lowest BCUT2D eigenvalue weighted by Gasteiger charge is -2.18. The van der Waals surface area contributed by atoms with Crippen molar-refractivity contribution in [3.8, 4) is 11.4 Å².